The van der Waals surface area contributed by atoms with Crippen molar-refractivity contribution in [3.05, 3.63) is 0 Å². The lowest BCUT2D eigenvalue weighted by Crippen LogP contribution is -2.46. The van der Waals surface area contributed by atoms with Crippen molar-refractivity contribution in [2.75, 3.05) is 5.75 Å². The number of carboxylic acid groups (broad SMARTS) is 1. The molecule has 0 saturated heterocycles. The topological polar surface area (TPSA) is 95.5 Å². The number of carboxylic acids is 1. The summed E-state index contributed by atoms with van der Waals surface area (Å²) in [4.78, 5) is 34.1. The van der Waals surface area contributed by atoms with E-state index in [1.165, 1.54) is 20.3 Å². The first kappa shape index (κ1) is 16.8. The van der Waals surface area contributed by atoms with Gasteiger partial charge in [-0.3, -0.25) is 14.9 Å². The Balaban J connectivity index is 2.27. The van der Waals surface area contributed by atoms with Gasteiger partial charge in [-0.1, -0.05) is 19.3 Å². The van der Waals surface area contributed by atoms with Crippen molar-refractivity contribution < 1.29 is 19.5 Å². The van der Waals surface area contributed by atoms with Gasteiger partial charge in [0, 0.05) is 6.04 Å². The fourth-order valence-electron chi connectivity index (χ4n) is 1.94. The third-order valence-corrected chi connectivity index (χ3v) is 4.58. The highest BCUT2D eigenvalue weighted by Gasteiger charge is 2.28. The first-order valence-corrected chi connectivity index (χ1v) is 7.77. The molecule has 1 rings (SSSR count). The van der Waals surface area contributed by atoms with Crippen molar-refractivity contribution >= 4 is 29.7 Å². The zero-order chi connectivity index (χ0) is 15.2. The molecule has 0 aromatic heterocycles. The highest BCUT2D eigenvalue weighted by molar-refractivity contribution is 8.01. The second kappa shape index (κ2) is 7.52. The van der Waals surface area contributed by atoms with Crippen molar-refractivity contribution in [3.63, 3.8) is 0 Å². The van der Waals surface area contributed by atoms with Gasteiger partial charge < -0.3 is 10.4 Å². The van der Waals surface area contributed by atoms with E-state index < -0.39 is 22.7 Å². The van der Waals surface area contributed by atoms with Crippen molar-refractivity contribution in [1.82, 2.24) is 10.6 Å². The second-order valence-corrected chi connectivity index (χ2v) is 7.06. The Hall–Kier alpha value is -1.24. The van der Waals surface area contributed by atoms with Crippen LogP contribution in [0.4, 0.5) is 4.79 Å². The van der Waals surface area contributed by atoms with Crippen molar-refractivity contribution in [3.8, 4) is 0 Å². The maximum atomic E-state index is 11.6. The monoisotopic (exact) mass is 302 g/mol. The maximum Gasteiger partial charge on any atom is 0.321 e. The van der Waals surface area contributed by atoms with Crippen LogP contribution < -0.4 is 10.6 Å². The quantitative estimate of drug-likeness (QED) is 0.719. The number of rotatable bonds is 5. The van der Waals surface area contributed by atoms with E-state index >= 15 is 0 Å². The van der Waals surface area contributed by atoms with Gasteiger partial charge in [0.2, 0.25) is 5.91 Å². The predicted molar refractivity (Wildman–Crippen MR) is 77.7 cm³/mol. The molecule has 0 atom stereocenters. The molecule has 0 aromatic carbocycles. The van der Waals surface area contributed by atoms with Gasteiger partial charge in [0.25, 0.3) is 0 Å². The van der Waals surface area contributed by atoms with Crippen LogP contribution >= 0.6 is 11.8 Å². The minimum absolute atomic E-state index is 0.0581. The number of imide groups is 1. The summed E-state index contributed by atoms with van der Waals surface area (Å²) in [7, 11) is 0. The molecule has 0 aromatic rings. The largest absolute Gasteiger partial charge is 0.480 e. The number of amides is 3. The molecule has 0 aliphatic heterocycles. The summed E-state index contributed by atoms with van der Waals surface area (Å²) in [5.41, 5.74) is 0. The Morgan fingerprint density at radius 1 is 1.20 bits per heavy atom. The number of carbonyl (C=O) groups is 3. The van der Waals surface area contributed by atoms with Crippen LogP contribution in [0.25, 0.3) is 0 Å². The molecule has 0 radical (unpaired) electrons. The van der Waals surface area contributed by atoms with E-state index in [1.807, 2.05) is 0 Å². The molecular formula is C13H22N2O4S. The number of urea groups is 1. The second-order valence-electron chi connectivity index (χ2n) is 5.46. The number of thioether (sulfide) groups is 1. The molecule has 0 heterocycles. The molecule has 3 N–H and O–H groups in total. The predicted octanol–water partition coefficient (Wildman–Crippen LogP) is 1.74. The number of hydrogen-bond donors (Lipinski definition) is 3. The van der Waals surface area contributed by atoms with Gasteiger partial charge in [0.15, 0.2) is 0 Å². The highest BCUT2D eigenvalue weighted by atomic mass is 32.2. The minimum atomic E-state index is -1.04. The van der Waals surface area contributed by atoms with Gasteiger partial charge in [0.1, 0.15) is 4.75 Å². The molecule has 0 bridgehead atoms. The normalized spacial score (nSPS) is 16.5. The zero-order valence-electron chi connectivity index (χ0n) is 11.9. The van der Waals surface area contributed by atoms with E-state index in [0.717, 1.165) is 37.4 Å². The summed E-state index contributed by atoms with van der Waals surface area (Å²) in [6.45, 7) is 3.05. The van der Waals surface area contributed by atoms with E-state index in [1.54, 1.807) is 0 Å². The van der Waals surface area contributed by atoms with Crippen LogP contribution in [0.5, 0.6) is 0 Å². The SMILES string of the molecule is CC(C)(SCC(=O)NC(=O)NC1CCCCC1)C(=O)O. The lowest BCUT2D eigenvalue weighted by atomic mass is 9.96. The first-order chi connectivity index (χ1) is 9.31. The van der Waals surface area contributed by atoms with Crippen molar-refractivity contribution in [2.45, 2.75) is 56.7 Å². The summed E-state index contributed by atoms with van der Waals surface area (Å²) in [6.07, 6.45) is 5.29. The molecular weight excluding hydrogens is 280 g/mol. The van der Waals surface area contributed by atoms with Crippen molar-refractivity contribution in [2.24, 2.45) is 0 Å². The first-order valence-electron chi connectivity index (χ1n) is 6.79. The maximum absolute atomic E-state index is 11.6. The van der Waals surface area contributed by atoms with Gasteiger partial charge in [-0.2, -0.15) is 0 Å². The summed E-state index contributed by atoms with van der Waals surface area (Å²) in [6, 6.07) is -0.352. The zero-order valence-corrected chi connectivity index (χ0v) is 12.7. The third kappa shape index (κ3) is 5.81. The highest BCUT2D eigenvalue weighted by Crippen LogP contribution is 2.24. The molecule has 6 nitrogen and oxygen atoms in total. The van der Waals surface area contributed by atoms with E-state index in [0.29, 0.717) is 0 Å². The molecule has 1 saturated carbocycles. The molecule has 1 aliphatic carbocycles. The van der Waals surface area contributed by atoms with E-state index in [-0.39, 0.29) is 11.8 Å². The lowest BCUT2D eigenvalue weighted by Gasteiger charge is -2.23. The summed E-state index contributed by atoms with van der Waals surface area (Å²) < 4.78 is -1.04. The molecule has 20 heavy (non-hydrogen) atoms. The number of nitrogens with one attached hydrogen (secondary N) is 2. The Morgan fingerprint density at radius 3 is 2.35 bits per heavy atom. The Labute approximate surface area is 123 Å². The molecule has 1 fully saturated rings. The molecule has 1 aliphatic rings. The van der Waals surface area contributed by atoms with E-state index in [9.17, 15) is 14.4 Å². The standard InChI is InChI=1S/C13H22N2O4S/c1-13(2,11(17)18)20-8-10(16)15-12(19)14-9-6-4-3-5-7-9/h9H,3-8H2,1-2H3,(H,17,18)(H2,14,15,16,19). The average Bonchev–Trinajstić information content (AvgIpc) is 2.37. The van der Waals surface area contributed by atoms with Crippen LogP contribution in [-0.2, 0) is 9.59 Å². The summed E-state index contributed by atoms with van der Waals surface area (Å²) in [5.74, 6) is -1.52. The minimum Gasteiger partial charge on any atom is -0.480 e. The summed E-state index contributed by atoms with van der Waals surface area (Å²) in [5, 5.41) is 13.9. The third-order valence-electron chi connectivity index (χ3n) is 3.27. The number of hydrogen-bond acceptors (Lipinski definition) is 4. The fourth-order valence-corrected chi connectivity index (χ4v) is 2.63. The van der Waals surface area contributed by atoms with Gasteiger partial charge in [-0.25, -0.2) is 4.79 Å². The van der Waals surface area contributed by atoms with Gasteiger partial charge in [-0.15, -0.1) is 11.8 Å². The smallest absolute Gasteiger partial charge is 0.321 e. The van der Waals surface area contributed by atoms with Crippen molar-refractivity contribution in [1.29, 1.82) is 0 Å². The van der Waals surface area contributed by atoms with Crippen LogP contribution in [0.3, 0.4) is 0 Å². The van der Waals surface area contributed by atoms with Crippen LogP contribution in [0.1, 0.15) is 46.0 Å². The van der Waals surface area contributed by atoms with E-state index in [2.05, 4.69) is 10.6 Å². The Morgan fingerprint density at radius 2 is 1.80 bits per heavy atom. The van der Waals surface area contributed by atoms with Crippen LogP contribution in [0, 0.1) is 0 Å². The fraction of sp³-hybridized carbons (Fsp3) is 0.769. The molecule has 0 spiro atoms. The van der Waals surface area contributed by atoms with Crippen LogP contribution in [-0.4, -0.2) is 39.6 Å². The average molecular weight is 302 g/mol. The number of carbonyl (C=O) groups excluding carboxylic acids is 2. The van der Waals surface area contributed by atoms with E-state index in [4.69, 9.17) is 5.11 Å². The Kier molecular flexibility index (Phi) is 6.32. The van der Waals surface area contributed by atoms with Crippen LogP contribution in [0.2, 0.25) is 0 Å². The summed E-state index contributed by atoms with van der Waals surface area (Å²) >= 11 is 0.991. The molecule has 114 valence electrons. The van der Waals surface area contributed by atoms with Gasteiger partial charge in [0.05, 0.1) is 5.75 Å². The number of aliphatic carboxylic acids is 1. The van der Waals surface area contributed by atoms with Gasteiger partial charge in [-0.05, 0) is 26.7 Å². The molecule has 3 amide bonds. The van der Waals surface area contributed by atoms with Crippen LogP contribution in [0.15, 0.2) is 0 Å². The van der Waals surface area contributed by atoms with Gasteiger partial charge >= 0.3 is 12.0 Å². The lowest BCUT2D eigenvalue weighted by molar-refractivity contribution is -0.138. The molecule has 7 heteroatoms. The molecule has 0 unspecified atom stereocenters. The Bertz CT molecular complexity index is 379.